The first-order valence-electron chi connectivity index (χ1n) is 9.38. The molecule has 2 atom stereocenters. The van der Waals surface area contributed by atoms with E-state index in [0.717, 1.165) is 19.6 Å². The van der Waals surface area contributed by atoms with Crippen LogP contribution in [0.2, 0.25) is 0 Å². The molecule has 5 nitrogen and oxygen atoms in total. The number of ketones is 1. The molecule has 1 fully saturated rings. The van der Waals surface area contributed by atoms with E-state index in [9.17, 15) is 4.79 Å². The molecule has 1 unspecified atom stereocenters. The highest BCUT2D eigenvalue weighted by molar-refractivity contribution is 5.97. The lowest BCUT2D eigenvalue weighted by molar-refractivity contribution is -0.887. The molecule has 144 valence electrons. The van der Waals surface area contributed by atoms with Crippen molar-refractivity contribution in [2.75, 3.05) is 41.0 Å². The fraction of sp³-hybridized carbons (Fsp3) is 0.409. The third-order valence-electron chi connectivity index (χ3n) is 5.34. The number of rotatable bonds is 8. The Kier molecular flexibility index (Phi) is 6.35. The summed E-state index contributed by atoms with van der Waals surface area (Å²) in [5.74, 6) is 2.23. The first-order valence-corrected chi connectivity index (χ1v) is 9.38. The molecule has 0 spiro atoms. The molecule has 0 aromatic heterocycles. The van der Waals surface area contributed by atoms with Gasteiger partial charge in [-0.1, -0.05) is 30.3 Å². The second kappa shape index (κ2) is 8.91. The maximum atomic E-state index is 12.7. The smallest absolute Gasteiger partial charge is 0.203 e. The van der Waals surface area contributed by atoms with E-state index in [1.165, 1.54) is 16.9 Å². The maximum absolute atomic E-state index is 12.7. The van der Waals surface area contributed by atoms with Crippen LogP contribution in [-0.4, -0.2) is 46.7 Å². The summed E-state index contributed by atoms with van der Waals surface area (Å²) in [5, 5.41) is 0. The third-order valence-corrected chi connectivity index (χ3v) is 5.34. The van der Waals surface area contributed by atoms with Crippen LogP contribution in [0, 0.1) is 0 Å². The van der Waals surface area contributed by atoms with Crippen molar-refractivity contribution in [1.82, 2.24) is 0 Å². The summed E-state index contributed by atoms with van der Waals surface area (Å²) in [5.41, 5.74) is 2.01. The van der Waals surface area contributed by atoms with Gasteiger partial charge in [-0.25, -0.2) is 0 Å². The molecule has 0 bridgehead atoms. The molecule has 27 heavy (non-hydrogen) atoms. The maximum Gasteiger partial charge on any atom is 0.203 e. The largest absolute Gasteiger partial charge is 0.493 e. The normalized spacial score (nSPS) is 18.9. The van der Waals surface area contributed by atoms with Gasteiger partial charge in [0.15, 0.2) is 17.3 Å². The molecule has 5 heteroatoms. The molecule has 1 heterocycles. The molecule has 0 amide bonds. The van der Waals surface area contributed by atoms with Gasteiger partial charge in [0.25, 0.3) is 0 Å². The number of Topliss-reactive ketones (excluding diaryl/α,β-unsaturated/α-hetero) is 1. The van der Waals surface area contributed by atoms with E-state index in [4.69, 9.17) is 14.2 Å². The SMILES string of the molecule is COc1cc(C(=O)CC[NH+]2CC[C@@H](c3ccccc3)C2)cc(OC)c1OC. The fourth-order valence-electron chi connectivity index (χ4n) is 3.84. The Balaban J connectivity index is 1.61. The Hall–Kier alpha value is -2.53. The molecular formula is C22H28NO4+. The molecule has 0 aliphatic carbocycles. The van der Waals surface area contributed by atoms with E-state index in [-0.39, 0.29) is 5.78 Å². The summed E-state index contributed by atoms with van der Waals surface area (Å²) in [7, 11) is 4.68. The second-order valence-electron chi connectivity index (χ2n) is 6.94. The number of hydrogen-bond acceptors (Lipinski definition) is 4. The summed E-state index contributed by atoms with van der Waals surface area (Å²) in [6.07, 6.45) is 1.69. The van der Waals surface area contributed by atoms with Crippen molar-refractivity contribution in [2.45, 2.75) is 18.8 Å². The Morgan fingerprint density at radius 1 is 1.04 bits per heavy atom. The van der Waals surface area contributed by atoms with Crippen molar-refractivity contribution in [3.63, 3.8) is 0 Å². The average Bonchev–Trinajstić information content (AvgIpc) is 3.20. The zero-order chi connectivity index (χ0) is 19.2. The number of benzene rings is 2. The number of carbonyl (C=O) groups is 1. The van der Waals surface area contributed by atoms with Gasteiger partial charge in [0.2, 0.25) is 5.75 Å². The highest BCUT2D eigenvalue weighted by atomic mass is 16.5. The minimum Gasteiger partial charge on any atom is -0.493 e. The van der Waals surface area contributed by atoms with Gasteiger partial charge in [0.05, 0.1) is 47.4 Å². The lowest BCUT2D eigenvalue weighted by atomic mass is 9.99. The summed E-state index contributed by atoms with van der Waals surface area (Å²) >= 11 is 0. The van der Waals surface area contributed by atoms with Crippen molar-refractivity contribution in [3.8, 4) is 17.2 Å². The van der Waals surface area contributed by atoms with Crippen molar-refractivity contribution in [3.05, 3.63) is 53.6 Å². The number of ether oxygens (including phenoxy) is 3. The van der Waals surface area contributed by atoms with Gasteiger partial charge in [-0.2, -0.15) is 0 Å². The quantitative estimate of drug-likeness (QED) is 0.725. The number of hydrogen-bond donors (Lipinski definition) is 1. The second-order valence-corrected chi connectivity index (χ2v) is 6.94. The number of quaternary nitrogens is 1. The predicted molar refractivity (Wildman–Crippen MR) is 104 cm³/mol. The van der Waals surface area contributed by atoms with Crippen LogP contribution in [-0.2, 0) is 0 Å². The van der Waals surface area contributed by atoms with Gasteiger partial charge < -0.3 is 19.1 Å². The number of carbonyl (C=O) groups excluding carboxylic acids is 1. The number of likely N-dealkylation sites (tertiary alicyclic amines) is 1. The summed E-state index contributed by atoms with van der Waals surface area (Å²) < 4.78 is 16.0. The number of nitrogens with one attached hydrogen (secondary N) is 1. The Bertz CT molecular complexity index is 750. The van der Waals surface area contributed by atoms with Crippen LogP contribution in [0.5, 0.6) is 17.2 Å². The Morgan fingerprint density at radius 2 is 1.70 bits per heavy atom. The summed E-state index contributed by atoms with van der Waals surface area (Å²) in [6, 6.07) is 14.1. The summed E-state index contributed by atoms with van der Waals surface area (Å²) in [4.78, 5) is 14.2. The van der Waals surface area contributed by atoms with Crippen LogP contribution in [0.1, 0.15) is 34.7 Å². The Morgan fingerprint density at radius 3 is 2.30 bits per heavy atom. The number of methoxy groups -OCH3 is 3. The third kappa shape index (κ3) is 4.42. The van der Waals surface area contributed by atoms with Crippen molar-refractivity contribution >= 4 is 5.78 Å². The van der Waals surface area contributed by atoms with Crippen molar-refractivity contribution in [2.24, 2.45) is 0 Å². The monoisotopic (exact) mass is 370 g/mol. The topological polar surface area (TPSA) is 49.2 Å². The zero-order valence-electron chi connectivity index (χ0n) is 16.3. The minimum atomic E-state index is 0.102. The fourth-order valence-corrected chi connectivity index (χ4v) is 3.84. The zero-order valence-corrected chi connectivity index (χ0v) is 16.3. The van der Waals surface area contributed by atoms with Gasteiger partial charge in [-0.05, 0) is 17.7 Å². The molecule has 1 saturated heterocycles. The molecule has 1 N–H and O–H groups in total. The van der Waals surface area contributed by atoms with E-state index in [0.29, 0.717) is 35.2 Å². The molecule has 2 aromatic carbocycles. The first kappa shape index (κ1) is 19.2. The highest BCUT2D eigenvalue weighted by Gasteiger charge is 2.27. The molecule has 0 radical (unpaired) electrons. The molecule has 1 aliphatic heterocycles. The summed E-state index contributed by atoms with van der Waals surface area (Å²) in [6.45, 7) is 3.05. The molecule has 3 rings (SSSR count). The van der Waals surface area contributed by atoms with Crippen LogP contribution < -0.4 is 19.1 Å². The van der Waals surface area contributed by atoms with Crippen molar-refractivity contribution in [1.29, 1.82) is 0 Å². The van der Waals surface area contributed by atoms with Crippen LogP contribution in [0.25, 0.3) is 0 Å². The van der Waals surface area contributed by atoms with E-state index in [2.05, 4.69) is 30.3 Å². The van der Waals surface area contributed by atoms with Crippen LogP contribution in [0.15, 0.2) is 42.5 Å². The van der Waals surface area contributed by atoms with Crippen molar-refractivity contribution < 1.29 is 23.9 Å². The van der Waals surface area contributed by atoms with E-state index < -0.39 is 0 Å². The van der Waals surface area contributed by atoms with Gasteiger partial charge in [-0.3, -0.25) is 4.79 Å². The van der Waals surface area contributed by atoms with Crippen LogP contribution >= 0.6 is 0 Å². The predicted octanol–water partition coefficient (Wildman–Crippen LogP) is 2.36. The highest BCUT2D eigenvalue weighted by Crippen LogP contribution is 2.38. The van der Waals surface area contributed by atoms with Crippen LogP contribution in [0.3, 0.4) is 0 Å². The van der Waals surface area contributed by atoms with Crippen LogP contribution in [0.4, 0.5) is 0 Å². The average molecular weight is 370 g/mol. The van der Waals surface area contributed by atoms with Gasteiger partial charge in [0, 0.05) is 17.9 Å². The van der Waals surface area contributed by atoms with Gasteiger partial charge in [-0.15, -0.1) is 0 Å². The van der Waals surface area contributed by atoms with Gasteiger partial charge in [0.1, 0.15) is 0 Å². The van der Waals surface area contributed by atoms with E-state index in [1.807, 2.05) is 0 Å². The van der Waals surface area contributed by atoms with E-state index in [1.54, 1.807) is 33.5 Å². The van der Waals surface area contributed by atoms with E-state index >= 15 is 0 Å². The molecule has 1 aliphatic rings. The molecule has 0 saturated carbocycles. The lowest BCUT2D eigenvalue weighted by Crippen LogP contribution is -3.10. The Labute approximate surface area is 160 Å². The molecular weight excluding hydrogens is 342 g/mol. The minimum absolute atomic E-state index is 0.102. The lowest BCUT2D eigenvalue weighted by Gasteiger charge is -2.15. The molecule has 2 aromatic rings. The first-order chi connectivity index (χ1) is 13.2. The standard InChI is InChI=1S/C22H27NO4/c1-25-20-13-18(14-21(26-2)22(20)27-3)19(24)10-12-23-11-9-17(15-23)16-7-5-4-6-8-16/h4-8,13-14,17H,9-12,15H2,1-3H3/p+1/t17-/m1/s1. The van der Waals surface area contributed by atoms with Gasteiger partial charge >= 0.3 is 0 Å².